The number of carbonyl (C=O) groups is 2. The lowest BCUT2D eigenvalue weighted by molar-refractivity contribution is 0.0698. The molecule has 0 atom stereocenters. The van der Waals surface area contributed by atoms with Crippen LogP contribution in [0.25, 0.3) is 0 Å². The summed E-state index contributed by atoms with van der Waals surface area (Å²) in [6.07, 6.45) is 0. The van der Waals surface area contributed by atoms with Gasteiger partial charge >= 0.3 is 5.97 Å². The minimum Gasteiger partial charge on any atom is -0.477 e. The van der Waals surface area contributed by atoms with Crippen LogP contribution in [0.2, 0.25) is 0 Å². The number of carboxylic acids is 1. The molecular formula is C11H10N2O5S3. The molecule has 0 saturated heterocycles. The summed E-state index contributed by atoms with van der Waals surface area (Å²) in [4.78, 5) is 25.5. The first-order valence-corrected chi connectivity index (χ1v) is 8.77. The summed E-state index contributed by atoms with van der Waals surface area (Å²) in [5.74, 6) is -1.59. The van der Waals surface area contributed by atoms with Gasteiger partial charge in [0.05, 0.1) is 0 Å². The molecule has 2 aromatic rings. The van der Waals surface area contributed by atoms with E-state index in [0.717, 1.165) is 22.7 Å². The predicted molar refractivity (Wildman–Crippen MR) is 78.9 cm³/mol. The Labute approximate surface area is 128 Å². The van der Waals surface area contributed by atoms with Crippen LogP contribution in [0.15, 0.2) is 15.7 Å². The summed E-state index contributed by atoms with van der Waals surface area (Å²) in [7, 11) is -4.07. The van der Waals surface area contributed by atoms with Crippen molar-refractivity contribution in [2.75, 3.05) is 4.72 Å². The van der Waals surface area contributed by atoms with Crippen molar-refractivity contribution in [3.63, 3.8) is 0 Å². The second-order valence-corrected chi connectivity index (χ2v) is 7.44. The number of hydrogen-bond acceptors (Lipinski definition) is 7. The van der Waals surface area contributed by atoms with E-state index < -0.39 is 16.0 Å². The Morgan fingerprint density at radius 3 is 2.48 bits per heavy atom. The van der Waals surface area contributed by atoms with Crippen molar-refractivity contribution in [1.29, 1.82) is 0 Å². The first-order chi connectivity index (χ1) is 9.72. The third kappa shape index (κ3) is 3.12. The summed E-state index contributed by atoms with van der Waals surface area (Å²) in [6.45, 7) is 2.83. The summed E-state index contributed by atoms with van der Waals surface area (Å²) >= 11 is 1.80. The van der Waals surface area contributed by atoms with Crippen LogP contribution in [0.1, 0.15) is 32.6 Å². The summed E-state index contributed by atoms with van der Waals surface area (Å²) in [5, 5.41) is 12.0. The third-order valence-corrected chi connectivity index (χ3v) is 6.10. The molecule has 21 heavy (non-hydrogen) atoms. The molecule has 0 spiro atoms. The van der Waals surface area contributed by atoms with E-state index in [9.17, 15) is 18.0 Å². The number of nitrogens with zero attached hydrogens (tertiary/aromatic N) is 1. The molecule has 0 radical (unpaired) electrons. The smallest absolute Gasteiger partial charge is 0.347 e. The molecule has 0 unspecified atom stereocenters. The van der Waals surface area contributed by atoms with E-state index in [-0.39, 0.29) is 26.4 Å². The lowest BCUT2D eigenvalue weighted by Crippen LogP contribution is -2.16. The number of anilines is 1. The Balaban J connectivity index is 2.41. The Hall–Kier alpha value is -1.78. The molecule has 0 fully saturated rings. The van der Waals surface area contributed by atoms with E-state index in [1.807, 2.05) is 0 Å². The van der Waals surface area contributed by atoms with E-state index in [2.05, 4.69) is 9.71 Å². The van der Waals surface area contributed by atoms with Crippen LogP contribution in [0, 0.1) is 6.92 Å². The van der Waals surface area contributed by atoms with Crippen molar-refractivity contribution in [2.45, 2.75) is 18.7 Å². The number of Topliss-reactive ketones (excluding diaryl/α,β-unsaturated/α-hetero) is 1. The monoisotopic (exact) mass is 346 g/mol. The molecule has 0 bridgehead atoms. The topological polar surface area (TPSA) is 113 Å². The number of ketones is 1. The SMILES string of the molecule is CC(=O)c1csc(NS(=O)(=O)c2c(C)csc2C(=O)O)n1. The molecule has 112 valence electrons. The highest BCUT2D eigenvalue weighted by molar-refractivity contribution is 7.93. The van der Waals surface area contributed by atoms with Crippen molar-refractivity contribution in [3.05, 3.63) is 26.9 Å². The van der Waals surface area contributed by atoms with Crippen LogP contribution >= 0.6 is 22.7 Å². The summed E-state index contributed by atoms with van der Waals surface area (Å²) in [6, 6.07) is 0. The lowest BCUT2D eigenvalue weighted by atomic mass is 10.3. The molecule has 10 heteroatoms. The molecule has 0 amide bonds. The number of sulfonamides is 1. The van der Waals surface area contributed by atoms with Crippen LogP contribution in [0.4, 0.5) is 5.13 Å². The summed E-state index contributed by atoms with van der Waals surface area (Å²) in [5.41, 5.74) is 0.492. The number of aromatic nitrogens is 1. The molecule has 0 aromatic carbocycles. The second kappa shape index (κ2) is 5.54. The summed E-state index contributed by atoms with van der Waals surface area (Å²) < 4.78 is 26.8. The number of hydrogen-bond donors (Lipinski definition) is 2. The minimum atomic E-state index is -4.07. The van der Waals surface area contributed by atoms with E-state index in [1.165, 1.54) is 24.6 Å². The molecule has 2 N–H and O–H groups in total. The van der Waals surface area contributed by atoms with Gasteiger partial charge in [-0.05, 0) is 17.9 Å². The maximum absolute atomic E-state index is 12.3. The van der Waals surface area contributed by atoms with Gasteiger partial charge in [0.2, 0.25) is 0 Å². The number of thiazole rings is 1. The van der Waals surface area contributed by atoms with Crippen LogP contribution in [0.5, 0.6) is 0 Å². The maximum atomic E-state index is 12.3. The molecule has 0 saturated carbocycles. The first kappa shape index (κ1) is 15.6. The van der Waals surface area contributed by atoms with E-state index in [0.29, 0.717) is 5.56 Å². The van der Waals surface area contributed by atoms with Crippen LogP contribution in [-0.4, -0.2) is 30.3 Å². The van der Waals surface area contributed by atoms with Gasteiger partial charge in [0.15, 0.2) is 10.9 Å². The molecular weight excluding hydrogens is 336 g/mol. The first-order valence-electron chi connectivity index (χ1n) is 5.53. The van der Waals surface area contributed by atoms with Gasteiger partial charge in [-0.25, -0.2) is 18.2 Å². The zero-order chi connectivity index (χ0) is 15.8. The number of aromatic carboxylic acids is 1. The molecule has 0 aliphatic rings. The van der Waals surface area contributed by atoms with E-state index in [1.54, 1.807) is 0 Å². The number of rotatable bonds is 5. The molecule has 2 rings (SSSR count). The third-order valence-electron chi connectivity index (χ3n) is 2.47. The van der Waals surface area contributed by atoms with E-state index >= 15 is 0 Å². The second-order valence-electron chi connectivity index (χ2n) is 4.08. The van der Waals surface area contributed by atoms with Crippen molar-refractivity contribution in [3.8, 4) is 0 Å². The van der Waals surface area contributed by atoms with Crippen molar-refractivity contribution < 1.29 is 23.1 Å². The standard InChI is InChI=1S/C11H10N2O5S3/c1-5-3-19-8(10(15)16)9(5)21(17,18)13-11-12-7(4-20-11)6(2)14/h3-4H,1-2H3,(H,12,13)(H,15,16). The van der Waals surface area contributed by atoms with Crippen LogP contribution < -0.4 is 4.72 Å². The van der Waals surface area contributed by atoms with Crippen LogP contribution in [0.3, 0.4) is 0 Å². The van der Waals surface area contributed by atoms with Crippen molar-refractivity contribution in [2.24, 2.45) is 0 Å². The zero-order valence-corrected chi connectivity index (χ0v) is 13.4. The highest BCUT2D eigenvalue weighted by Gasteiger charge is 2.27. The van der Waals surface area contributed by atoms with Gasteiger partial charge in [-0.15, -0.1) is 22.7 Å². The Morgan fingerprint density at radius 2 is 1.95 bits per heavy atom. The minimum absolute atomic E-state index is 0.0159. The molecule has 2 aromatic heterocycles. The van der Waals surface area contributed by atoms with Gasteiger partial charge in [-0.1, -0.05) is 0 Å². The molecule has 0 aliphatic carbocycles. The lowest BCUT2D eigenvalue weighted by Gasteiger charge is -2.06. The fourth-order valence-corrected chi connectivity index (χ4v) is 5.20. The number of thiophene rings is 1. The number of aryl methyl sites for hydroxylation is 1. The van der Waals surface area contributed by atoms with Gasteiger partial charge < -0.3 is 5.11 Å². The quantitative estimate of drug-likeness (QED) is 0.803. The number of nitrogens with one attached hydrogen (secondary N) is 1. The number of carboxylic acid groups (broad SMARTS) is 1. The molecule has 0 aliphatic heterocycles. The van der Waals surface area contributed by atoms with Crippen molar-refractivity contribution >= 4 is 49.6 Å². The highest BCUT2D eigenvalue weighted by atomic mass is 32.2. The zero-order valence-electron chi connectivity index (χ0n) is 10.9. The van der Waals surface area contributed by atoms with Crippen molar-refractivity contribution in [1.82, 2.24) is 4.98 Å². The highest BCUT2D eigenvalue weighted by Crippen LogP contribution is 2.29. The largest absolute Gasteiger partial charge is 0.477 e. The van der Waals surface area contributed by atoms with E-state index in [4.69, 9.17) is 5.11 Å². The predicted octanol–water partition coefficient (Wildman–Crippen LogP) is 2.21. The molecule has 7 nitrogen and oxygen atoms in total. The van der Waals surface area contributed by atoms with Gasteiger partial charge in [0.25, 0.3) is 10.0 Å². The van der Waals surface area contributed by atoms with Crippen LogP contribution in [-0.2, 0) is 10.0 Å². The fourth-order valence-electron chi connectivity index (χ4n) is 1.56. The molecule has 2 heterocycles. The average Bonchev–Trinajstić information content (AvgIpc) is 2.95. The van der Waals surface area contributed by atoms with Gasteiger partial charge in [-0.2, -0.15) is 0 Å². The Bertz CT molecular complexity index is 819. The van der Waals surface area contributed by atoms with Gasteiger partial charge in [-0.3, -0.25) is 9.52 Å². The maximum Gasteiger partial charge on any atom is 0.347 e. The number of carbonyl (C=O) groups excluding carboxylic acids is 1. The fraction of sp³-hybridized carbons (Fsp3) is 0.182. The average molecular weight is 346 g/mol. The Morgan fingerprint density at radius 1 is 1.29 bits per heavy atom. The Kier molecular flexibility index (Phi) is 4.12. The van der Waals surface area contributed by atoms with Gasteiger partial charge in [0.1, 0.15) is 15.5 Å². The normalized spacial score (nSPS) is 11.3. The van der Waals surface area contributed by atoms with Gasteiger partial charge in [0, 0.05) is 12.3 Å².